The molecule has 4 heteroatoms. The first-order valence-corrected chi connectivity index (χ1v) is 4.20. The van der Waals surface area contributed by atoms with Gasteiger partial charge >= 0.3 is 6.09 Å². The van der Waals surface area contributed by atoms with E-state index in [4.69, 9.17) is 9.84 Å². The first kappa shape index (κ1) is 9.32. The molecule has 70 valence electrons. The standard InChI is InChI=1S/C8H15NO3/c1-5(2)3-6(7-4-12-7)9-8(10)11/h5-7,9H,3-4H2,1-2H3,(H,10,11). The third-order valence-corrected chi connectivity index (χ3v) is 1.84. The van der Waals surface area contributed by atoms with E-state index in [1.54, 1.807) is 0 Å². The van der Waals surface area contributed by atoms with E-state index in [1.165, 1.54) is 0 Å². The first-order valence-electron chi connectivity index (χ1n) is 4.20. The van der Waals surface area contributed by atoms with Gasteiger partial charge in [-0.15, -0.1) is 0 Å². The van der Waals surface area contributed by atoms with Gasteiger partial charge in [0.1, 0.15) is 6.10 Å². The molecule has 0 aromatic carbocycles. The van der Waals surface area contributed by atoms with Gasteiger partial charge in [0, 0.05) is 0 Å². The fourth-order valence-electron chi connectivity index (χ4n) is 1.26. The van der Waals surface area contributed by atoms with Crippen molar-refractivity contribution in [3.05, 3.63) is 0 Å². The lowest BCUT2D eigenvalue weighted by molar-refractivity contribution is 0.183. The molecule has 1 heterocycles. The third-order valence-electron chi connectivity index (χ3n) is 1.84. The molecule has 1 amide bonds. The molecule has 0 aromatic rings. The third kappa shape index (κ3) is 3.09. The van der Waals surface area contributed by atoms with E-state index in [0.29, 0.717) is 12.5 Å². The molecule has 4 nitrogen and oxygen atoms in total. The zero-order valence-electron chi connectivity index (χ0n) is 7.41. The zero-order valence-corrected chi connectivity index (χ0v) is 7.41. The highest BCUT2D eigenvalue weighted by Crippen LogP contribution is 2.19. The Morgan fingerprint density at radius 1 is 1.75 bits per heavy atom. The fourth-order valence-corrected chi connectivity index (χ4v) is 1.26. The number of hydrogen-bond acceptors (Lipinski definition) is 2. The summed E-state index contributed by atoms with van der Waals surface area (Å²) in [7, 11) is 0. The number of carbonyl (C=O) groups is 1. The van der Waals surface area contributed by atoms with E-state index in [9.17, 15) is 4.79 Å². The normalized spacial score (nSPS) is 23.8. The van der Waals surface area contributed by atoms with Gasteiger partial charge in [0.05, 0.1) is 12.6 Å². The Morgan fingerprint density at radius 3 is 2.67 bits per heavy atom. The summed E-state index contributed by atoms with van der Waals surface area (Å²) in [6.45, 7) is 4.83. The minimum absolute atomic E-state index is 0.0255. The molecule has 0 saturated carbocycles. The lowest BCUT2D eigenvalue weighted by atomic mass is 10.0. The van der Waals surface area contributed by atoms with Crippen LogP contribution in [0, 0.1) is 5.92 Å². The summed E-state index contributed by atoms with van der Waals surface area (Å²) in [4.78, 5) is 10.4. The summed E-state index contributed by atoms with van der Waals surface area (Å²) >= 11 is 0. The molecule has 12 heavy (non-hydrogen) atoms. The number of epoxide rings is 1. The maximum absolute atomic E-state index is 10.4. The molecule has 1 fully saturated rings. The van der Waals surface area contributed by atoms with E-state index in [0.717, 1.165) is 6.42 Å². The lowest BCUT2D eigenvalue weighted by Gasteiger charge is -2.16. The van der Waals surface area contributed by atoms with Crippen molar-refractivity contribution < 1.29 is 14.6 Å². The van der Waals surface area contributed by atoms with E-state index in [-0.39, 0.29) is 12.1 Å². The number of rotatable bonds is 4. The van der Waals surface area contributed by atoms with Gasteiger partial charge in [-0.3, -0.25) is 0 Å². The number of ether oxygens (including phenoxy) is 1. The van der Waals surface area contributed by atoms with Gasteiger partial charge in [-0.1, -0.05) is 13.8 Å². The van der Waals surface area contributed by atoms with Gasteiger partial charge in [0.2, 0.25) is 0 Å². The average molecular weight is 173 g/mol. The highest BCUT2D eigenvalue weighted by atomic mass is 16.6. The largest absolute Gasteiger partial charge is 0.465 e. The summed E-state index contributed by atoms with van der Waals surface area (Å²) < 4.78 is 5.05. The van der Waals surface area contributed by atoms with E-state index < -0.39 is 6.09 Å². The second-order valence-corrected chi connectivity index (χ2v) is 3.56. The van der Waals surface area contributed by atoms with Crippen LogP contribution in [0.4, 0.5) is 4.79 Å². The summed E-state index contributed by atoms with van der Waals surface area (Å²) in [5, 5.41) is 11.0. The molecule has 1 aliphatic rings. The quantitative estimate of drug-likeness (QED) is 0.625. The average Bonchev–Trinajstić information content (AvgIpc) is 2.63. The Bertz CT molecular complexity index is 166. The fraction of sp³-hybridized carbons (Fsp3) is 0.875. The molecule has 2 atom stereocenters. The molecule has 0 aromatic heterocycles. The second-order valence-electron chi connectivity index (χ2n) is 3.56. The van der Waals surface area contributed by atoms with Gasteiger partial charge in [-0.25, -0.2) is 4.79 Å². The summed E-state index contributed by atoms with van der Waals surface area (Å²) in [6, 6.07) is -0.0255. The first-order chi connectivity index (χ1) is 5.59. The molecule has 0 radical (unpaired) electrons. The van der Waals surface area contributed by atoms with Crippen LogP contribution in [0.5, 0.6) is 0 Å². The van der Waals surface area contributed by atoms with Crippen molar-refractivity contribution in [3.8, 4) is 0 Å². The van der Waals surface area contributed by atoms with E-state index in [2.05, 4.69) is 19.2 Å². The predicted octanol–water partition coefficient (Wildman–Crippen LogP) is 1.07. The molecule has 0 aliphatic carbocycles. The lowest BCUT2D eigenvalue weighted by Crippen LogP contribution is -2.38. The van der Waals surface area contributed by atoms with Crippen molar-refractivity contribution in [2.24, 2.45) is 5.92 Å². The van der Waals surface area contributed by atoms with Gasteiger partial charge in [-0.05, 0) is 12.3 Å². The molecule has 1 saturated heterocycles. The van der Waals surface area contributed by atoms with Crippen molar-refractivity contribution in [2.45, 2.75) is 32.4 Å². The Morgan fingerprint density at radius 2 is 2.33 bits per heavy atom. The van der Waals surface area contributed by atoms with Crippen LogP contribution >= 0.6 is 0 Å². The van der Waals surface area contributed by atoms with Crippen LogP contribution in [-0.2, 0) is 4.74 Å². The smallest absolute Gasteiger partial charge is 0.404 e. The van der Waals surface area contributed by atoms with Crippen molar-refractivity contribution in [1.82, 2.24) is 5.32 Å². The predicted molar refractivity (Wildman–Crippen MR) is 44.1 cm³/mol. The van der Waals surface area contributed by atoms with E-state index >= 15 is 0 Å². The minimum atomic E-state index is -0.962. The van der Waals surface area contributed by atoms with Crippen LogP contribution in [-0.4, -0.2) is 30.0 Å². The maximum Gasteiger partial charge on any atom is 0.404 e. The van der Waals surface area contributed by atoms with Crippen LogP contribution in [0.1, 0.15) is 20.3 Å². The Balaban J connectivity index is 2.32. The molecule has 1 rings (SSSR count). The molecule has 0 spiro atoms. The molecular formula is C8H15NO3. The topological polar surface area (TPSA) is 61.9 Å². The van der Waals surface area contributed by atoms with Gasteiger partial charge in [0.15, 0.2) is 0 Å². The Hall–Kier alpha value is -0.770. The molecule has 2 N–H and O–H groups in total. The molecule has 1 aliphatic heterocycles. The van der Waals surface area contributed by atoms with Crippen molar-refractivity contribution in [3.63, 3.8) is 0 Å². The number of hydrogen-bond donors (Lipinski definition) is 2. The van der Waals surface area contributed by atoms with Crippen LogP contribution < -0.4 is 5.32 Å². The highest BCUT2D eigenvalue weighted by Gasteiger charge is 2.33. The Kier molecular flexibility index (Phi) is 2.92. The summed E-state index contributed by atoms with van der Waals surface area (Å²) in [5.74, 6) is 0.492. The van der Waals surface area contributed by atoms with E-state index in [1.807, 2.05) is 0 Å². The van der Waals surface area contributed by atoms with Crippen LogP contribution in [0.2, 0.25) is 0 Å². The monoisotopic (exact) mass is 173 g/mol. The van der Waals surface area contributed by atoms with Crippen molar-refractivity contribution >= 4 is 6.09 Å². The van der Waals surface area contributed by atoms with Crippen molar-refractivity contribution in [1.29, 1.82) is 0 Å². The van der Waals surface area contributed by atoms with Crippen LogP contribution in [0.3, 0.4) is 0 Å². The number of nitrogens with one attached hydrogen (secondary N) is 1. The number of amides is 1. The molecule has 2 unspecified atom stereocenters. The van der Waals surface area contributed by atoms with Gasteiger partial charge < -0.3 is 15.2 Å². The van der Waals surface area contributed by atoms with Crippen LogP contribution in [0.25, 0.3) is 0 Å². The minimum Gasteiger partial charge on any atom is -0.465 e. The van der Waals surface area contributed by atoms with Gasteiger partial charge in [-0.2, -0.15) is 0 Å². The summed E-state index contributed by atoms with van der Waals surface area (Å²) in [5.41, 5.74) is 0. The van der Waals surface area contributed by atoms with Crippen LogP contribution in [0.15, 0.2) is 0 Å². The molecular weight excluding hydrogens is 158 g/mol. The zero-order chi connectivity index (χ0) is 9.14. The van der Waals surface area contributed by atoms with Crippen molar-refractivity contribution in [2.75, 3.05) is 6.61 Å². The van der Waals surface area contributed by atoms with Gasteiger partial charge in [0.25, 0.3) is 0 Å². The second kappa shape index (κ2) is 3.76. The molecule has 0 bridgehead atoms. The number of carboxylic acid groups (broad SMARTS) is 1. The highest BCUT2D eigenvalue weighted by molar-refractivity contribution is 5.65. The maximum atomic E-state index is 10.4. The SMILES string of the molecule is CC(C)CC(NC(=O)O)C1CO1. The Labute approximate surface area is 71.9 Å². The summed E-state index contributed by atoms with van der Waals surface area (Å²) in [6.07, 6.45) is -0.00333.